The molecule has 0 unspecified atom stereocenters. The molecule has 1 aromatic heterocycles. The van der Waals surface area contributed by atoms with Crippen molar-refractivity contribution >= 4 is 11.6 Å². The van der Waals surface area contributed by atoms with Gasteiger partial charge in [0.1, 0.15) is 0 Å². The van der Waals surface area contributed by atoms with Crippen molar-refractivity contribution in [3.8, 4) is 0 Å². The number of hydrogen-bond acceptors (Lipinski definition) is 3. The molecule has 0 bridgehead atoms. The van der Waals surface area contributed by atoms with E-state index in [1.54, 1.807) is 6.20 Å². The van der Waals surface area contributed by atoms with Crippen molar-refractivity contribution in [1.29, 1.82) is 0 Å². The first-order valence-electron chi connectivity index (χ1n) is 7.14. The maximum absolute atomic E-state index is 12.7. The first kappa shape index (κ1) is 12.5. The molecule has 19 heavy (non-hydrogen) atoms. The van der Waals surface area contributed by atoms with E-state index < -0.39 is 0 Å². The zero-order valence-corrected chi connectivity index (χ0v) is 11.6. The summed E-state index contributed by atoms with van der Waals surface area (Å²) < 4.78 is 0. The average molecular weight is 259 g/mol. The minimum Gasteiger partial charge on any atom is -0.387 e. The van der Waals surface area contributed by atoms with Gasteiger partial charge in [-0.2, -0.15) is 0 Å². The van der Waals surface area contributed by atoms with Crippen LogP contribution in [0.3, 0.4) is 0 Å². The normalized spacial score (nSPS) is 18.2. The summed E-state index contributed by atoms with van der Waals surface area (Å²) in [5.74, 6) is 0.882. The summed E-state index contributed by atoms with van der Waals surface area (Å²) in [6.45, 7) is 2.87. The Morgan fingerprint density at radius 2 is 2.16 bits per heavy atom. The van der Waals surface area contributed by atoms with Crippen molar-refractivity contribution in [3.05, 3.63) is 23.5 Å². The van der Waals surface area contributed by atoms with E-state index in [9.17, 15) is 4.79 Å². The molecule has 2 saturated carbocycles. The van der Waals surface area contributed by atoms with E-state index in [-0.39, 0.29) is 5.91 Å². The fraction of sp³-hybridized carbons (Fsp3) is 0.600. The molecule has 2 aliphatic carbocycles. The third-order valence-corrected chi connectivity index (χ3v) is 3.94. The molecular weight excluding hydrogens is 238 g/mol. The summed E-state index contributed by atoms with van der Waals surface area (Å²) in [5.41, 5.74) is 2.53. The molecule has 0 spiro atoms. The fourth-order valence-corrected chi connectivity index (χ4v) is 2.45. The third-order valence-electron chi connectivity index (χ3n) is 3.94. The van der Waals surface area contributed by atoms with Crippen LogP contribution in [0.2, 0.25) is 0 Å². The van der Waals surface area contributed by atoms with Crippen LogP contribution >= 0.6 is 0 Å². The van der Waals surface area contributed by atoms with E-state index in [4.69, 9.17) is 0 Å². The molecule has 1 heterocycles. The monoisotopic (exact) mass is 259 g/mol. The highest BCUT2D eigenvalue weighted by Gasteiger charge is 2.37. The number of hydrogen-bond donors (Lipinski definition) is 1. The van der Waals surface area contributed by atoms with Crippen molar-refractivity contribution in [2.24, 2.45) is 5.92 Å². The highest BCUT2D eigenvalue weighted by molar-refractivity contribution is 5.99. The Bertz CT molecular complexity index is 492. The molecule has 1 N–H and O–H groups in total. The number of amides is 1. The second kappa shape index (κ2) is 4.83. The van der Waals surface area contributed by atoms with Crippen LogP contribution < -0.4 is 5.32 Å². The van der Waals surface area contributed by atoms with Crippen LogP contribution in [0.15, 0.2) is 12.3 Å². The molecule has 102 valence electrons. The van der Waals surface area contributed by atoms with E-state index in [2.05, 4.69) is 15.2 Å². The van der Waals surface area contributed by atoms with Crippen molar-refractivity contribution < 1.29 is 4.79 Å². The Morgan fingerprint density at radius 3 is 2.74 bits per heavy atom. The lowest BCUT2D eigenvalue weighted by Gasteiger charge is -2.23. The van der Waals surface area contributed by atoms with Crippen molar-refractivity contribution in [1.82, 2.24) is 9.88 Å². The van der Waals surface area contributed by atoms with Crippen LogP contribution in [0.5, 0.6) is 0 Å². The van der Waals surface area contributed by atoms with Gasteiger partial charge >= 0.3 is 0 Å². The number of aryl methyl sites for hydroxylation is 1. The summed E-state index contributed by atoms with van der Waals surface area (Å²) >= 11 is 0. The predicted molar refractivity (Wildman–Crippen MR) is 75.3 cm³/mol. The lowest BCUT2D eigenvalue weighted by molar-refractivity contribution is 0.0735. The Kier molecular flexibility index (Phi) is 3.17. The largest absolute Gasteiger partial charge is 0.387 e. The maximum Gasteiger partial charge on any atom is 0.257 e. The number of aromatic nitrogens is 1. The number of pyridine rings is 1. The predicted octanol–water partition coefficient (Wildman–Crippen LogP) is 2.45. The van der Waals surface area contributed by atoms with Gasteiger partial charge in [-0.1, -0.05) is 0 Å². The average Bonchev–Trinajstić information content (AvgIpc) is 3.27. The van der Waals surface area contributed by atoms with Crippen LogP contribution in [0.1, 0.15) is 41.7 Å². The molecule has 1 amide bonds. The van der Waals surface area contributed by atoms with Crippen LogP contribution in [0, 0.1) is 12.8 Å². The molecule has 0 aromatic carbocycles. The Hall–Kier alpha value is -1.58. The smallest absolute Gasteiger partial charge is 0.257 e. The fourth-order valence-electron chi connectivity index (χ4n) is 2.45. The standard InChI is InChI=1S/C15H21N3O/c1-10-7-14(16-2)13(8-17-10)15(19)18(12-5-6-12)9-11-3-4-11/h7-8,11-12H,3-6,9H2,1-2H3,(H,16,17). The van der Waals surface area contributed by atoms with Crippen molar-refractivity contribution in [2.75, 3.05) is 18.9 Å². The Balaban J connectivity index is 1.84. The van der Waals surface area contributed by atoms with E-state index >= 15 is 0 Å². The van der Waals surface area contributed by atoms with Gasteiger partial charge in [0.25, 0.3) is 5.91 Å². The lowest BCUT2D eigenvalue weighted by Crippen LogP contribution is -2.35. The van der Waals surface area contributed by atoms with Gasteiger partial charge in [0.05, 0.1) is 11.3 Å². The van der Waals surface area contributed by atoms with Gasteiger partial charge in [-0.05, 0) is 44.6 Å². The highest BCUT2D eigenvalue weighted by atomic mass is 16.2. The minimum absolute atomic E-state index is 0.145. The van der Waals surface area contributed by atoms with E-state index in [1.807, 2.05) is 20.0 Å². The Labute approximate surface area is 114 Å². The van der Waals surface area contributed by atoms with Crippen molar-refractivity contribution in [2.45, 2.75) is 38.6 Å². The number of nitrogens with one attached hydrogen (secondary N) is 1. The number of nitrogens with zero attached hydrogens (tertiary/aromatic N) is 2. The number of rotatable bonds is 5. The lowest BCUT2D eigenvalue weighted by atomic mass is 10.1. The van der Waals surface area contributed by atoms with Crippen LogP contribution in [-0.2, 0) is 0 Å². The Morgan fingerprint density at radius 1 is 1.42 bits per heavy atom. The number of anilines is 1. The van der Waals surface area contributed by atoms with Gasteiger partial charge in [-0.3, -0.25) is 9.78 Å². The topological polar surface area (TPSA) is 45.2 Å². The van der Waals surface area contributed by atoms with Gasteiger partial charge in [0, 0.05) is 31.5 Å². The molecule has 1 aromatic rings. The maximum atomic E-state index is 12.7. The SMILES string of the molecule is CNc1cc(C)ncc1C(=O)N(CC1CC1)C1CC1. The van der Waals surface area contributed by atoms with Gasteiger partial charge in [-0.15, -0.1) is 0 Å². The second-order valence-corrected chi connectivity index (χ2v) is 5.75. The molecule has 2 aliphatic rings. The van der Waals surface area contributed by atoms with Crippen LogP contribution in [-0.4, -0.2) is 35.4 Å². The van der Waals surface area contributed by atoms with Crippen molar-refractivity contribution in [3.63, 3.8) is 0 Å². The summed E-state index contributed by atoms with van der Waals surface area (Å²) in [4.78, 5) is 19.1. The first-order valence-corrected chi connectivity index (χ1v) is 7.14. The minimum atomic E-state index is 0.145. The van der Waals surface area contributed by atoms with Gasteiger partial charge < -0.3 is 10.2 Å². The molecule has 0 atom stereocenters. The summed E-state index contributed by atoms with van der Waals surface area (Å²) in [5, 5.41) is 3.11. The molecule has 0 aliphatic heterocycles. The molecule has 4 nitrogen and oxygen atoms in total. The summed E-state index contributed by atoms with van der Waals surface area (Å²) in [6, 6.07) is 2.41. The van der Waals surface area contributed by atoms with E-state index in [0.717, 1.165) is 36.7 Å². The molecule has 0 saturated heterocycles. The van der Waals surface area contributed by atoms with E-state index in [1.165, 1.54) is 12.8 Å². The van der Waals surface area contributed by atoms with Crippen LogP contribution in [0.4, 0.5) is 5.69 Å². The molecule has 4 heteroatoms. The zero-order chi connectivity index (χ0) is 13.4. The molecule has 3 rings (SSSR count). The summed E-state index contributed by atoms with van der Waals surface area (Å²) in [6.07, 6.45) is 6.59. The number of carbonyl (C=O) groups is 1. The van der Waals surface area contributed by atoms with E-state index in [0.29, 0.717) is 11.6 Å². The summed E-state index contributed by atoms with van der Waals surface area (Å²) in [7, 11) is 1.86. The molecule has 0 radical (unpaired) electrons. The first-order chi connectivity index (χ1) is 9.19. The quantitative estimate of drug-likeness (QED) is 0.883. The van der Waals surface area contributed by atoms with Gasteiger partial charge in [0.2, 0.25) is 0 Å². The van der Waals surface area contributed by atoms with Crippen LogP contribution in [0.25, 0.3) is 0 Å². The third kappa shape index (κ3) is 2.72. The zero-order valence-electron chi connectivity index (χ0n) is 11.6. The molecule has 2 fully saturated rings. The number of carbonyl (C=O) groups excluding carboxylic acids is 1. The highest BCUT2D eigenvalue weighted by Crippen LogP contribution is 2.36. The molecular formula is C15H21N3O. The van der Waals surface area contributed by atoms with Gasteiger partial charge in [0.15, 0.2) is 0 Å². The second-order valence-electron chi connectivity index (χ2n) is 5.75. The van der Waals surface area contributed by atoms with Gasteiger partial charge in [-0.25, -0.2) is 0 Å².